The first-order valence-electron chi connectivity index (χ1n) is 4.70. The number of hydrogen-bond acceptors (Lipinski definition) is 3. The van der Waals surface area contributed by atoms with Crippen molar-refractivity contribution in [1.82, 2.24) is 4.98 Å². The standard InChI is InChI=1S/C12H11NOS/c1-8-3-5-10(6-4-8)12-13-11(7-15-12)9(2)14/h3-7H,1-2H3. The molecule has 0 amide bonds. The van der Waals surface area contributed by atoms with Crippen LogP contribution in [-0.2, 0) is 0 Å². The number of carbonyl (C=O) groups excluding carboxylic acids is 1. The number of benzene rings is 1. The van der Waals surface area contributed by atoms with Crippen molar-refractivity contribution in [2.75, 3.05) is 0 Å². The maximum absolute atomic E-state index is 11.1. The van der Waals surface area contributed by atoms with E-state index in [0.29, 0.717) is 5.69 Å². The predicted octanol–water partition coefficient (Wildman–Crippen LogP) is 3.32. The molecule has 0 spiro atoms. The van der Waals surface area contributed by atoms with Gasteiger partial charge in [0.05, 0.1) is 0 Å². The zero-order valence-electron chi connectivity index (χ0n) is 8.65. The third kappa shape index (κ3) is 2.13. The van der Waals surface area contributed by atoms with E-state index >= 15 is 0 Å². The summed E-state index contributed by atoms with van der Waals surface area (Å²) in [6.45, 7) is 3.58. The molecule has 0 radical (unpaired) electrons. The second-order valence-corrected chi connectivity index (χ2v) is 4.32. The van der Waals surface area contributed by atoms with Gasteiger partial charge in [-0.1, -0.05) is 29.8 Å². The van der Waals surface area contributed by atoms with Crippen LogP contribution in [0.15, 0.2) is 29.6 Å². The Balaban J connectivity index is 2.37. The molecule has 2 aromatic rings. The Morgan fingerprint density at radius 1 is 1.27 bits per heavy atom. The fourth-order valence-electron chi connectivity index (χ4n) is 1.26. The van der Waals surface area contributed by atoms with Gasteiger partial charge in [-0.05, 0) is 6.92 Å². The summed E-state index contributed by atoms with van der Waals surface area (Å²) in [5.41, 5.74) is 2.84. The molecule has 1 heterocycles. The maximum atomic E-state index is 11.1. The van der Waals surface area contributed by atoms with Crippen LogP contribution < -0.4 is 0 Å². The lowest BCUT2D eigenvalue weighted by Crippen LogP contribution is -1.91. The first-order valence-corrected chi connectivity index (χ1v) is 5.58. The first-order chi connectivity index (χ1) is 7.16. The molecule has 0 saturated carbocycles. The Morgan fingerprint density at radius 2 is 1.93 bits per heavy atom. The monoisotopic (exact) mass is 217 g/mol. The molecule has 0 saturated heterocycles. The Hall–Kier alpha value is -1.48. The summed E-state index contributed by atoms with van der Waals surface area (Å²) in [5.74, 6) is 0.0182. The zero-order valence-corrected chi connectivity index (χ0v) is 9.47. The zero-order chi connectivity index (χ0) is 10.8. The molecule has 0 aliphatic rings. The van der Waals surface area contributed by atoms with Crippen LogP contribution in [0, 0.1) is 6.92 Å². The molecule has 0 unspecified atom stereocenters. The number of ketones is 1. The van der Waals surface area contributed by atoms with Crippen molar-refractivity contribution >= 4 is 17.1 Å². The summed E-state index contributed by atoms with van der Waals surface area (Å²) in [6, 6.07) is 8.14. The molecule has 2 rings (SSSR count). The predicted molar refractivity (Wildman–Crippen MR) is 62.3 cm³/mol. The van der Waals surface area contributed by atoms with Gasteiger partial charge in [0.1, 0.15) is 10.7 Å². The van der Waals surface area contributed by atoms with E-state index in [-0.39, 0.29) is 5.78 Å². The highest BCUT2D eigenvalue weighted by Crippen LogP contribution is 2.23. The quantitative estimate of drug-likeness (QED) is 0.722. The van der Waals surface area contributed by atoms with Gasteiger partial charge in [-0.2, -0.15) is 0 Å². The minimum Gasteiger partial charge on any atom is -0.293 e. The van der Waals surface area contributed by atoms with Crippen molar-refractivity contribution in [3.05, 3.63) is 40.9 Å². The molecular weight excluding hydrogens is 206 g/mol. The van der Waals surface area contributed by atoms with Crippen LogP contribution in [0.5, 0.6) is 0 Å². The summed E-state index contributed by atoms with van der Waals surface area (Å²) < 4.78 is 0. The smallest absolute Gasteiger partial charge is 0.178 e. The van der Waals surface area contributed by atoms with Crippen molar-refractivity contribution < 1.29 is 4.79 Å². The van der Waals surface area contributed by atoms with Gasteiger partial charge in [0.25, 0.3) is 0 Å². The van der Waals surface area contributed by atoms with Gasteiger partial charge < -0.3 is 0 Å². The SMILES string of the molecule is CC(=O)c1csc(-c2ccc(C)cc2)n1. The molecule has 15 heavy (non-hydrogen) atoms. The van der Waals surface area contributed by atoms with Gasteiger partial charge >= 0.3 is 0 Å². The molecule has 2 nitrogen and oxygen atoms in total. The highest BCUT2D eigenvalue weighted by atomic mass is 32.1. The average molecular weight is 217 g/mol. The van der Waals surface area contributed by atoms with Crippen LogP contribution in [0.3, 0.4) is 0 Å². The van der Waals surface area contributed by atoms with E-state index in [1.807, 2.05) is 31.2 Å². The molecular formula is C12H11NOS. The second kappa shape index (κ2) is 3.95. The number of Topliss-reactive ketones (excluding diaryl/α,β-unsaturated/α-hetero) is 1. The van der Waals surface area contributed by atoms with Gasteiger partial charge in [0.2, 0.25) is 0 Å². The number of thiazole rings is 1. The third-order valence-electron chi connectivity index (χ3n) is 2.16. The van der Waals surface area contributed by atoms with Gasteiger partial charge in [-0.3, -0.25) is 4.79 Å². The lowest BCUT2D eigenvalue weighted by atomic mass is 10.2. The Labute approximate surface area is 92.6 Å². The molecule has 76 valence electrons. The van der Waals surface area contributed by atoms with Crippen LogP contribution in [0.2, 0.25) is 0 Å². The van der Waals surface area contributed by atoms with E-state index in [4.69, 9.17) is 0 Å². The van der Waals surface area contributed by atoms with Crippen LogP contribution in [-0.4, -0.2) is 10.8 Å². The van der Waals surface area contributed by atoms with Crippen molar-refractivity contribution in [1.29, 1.82) is 0 Å². The number of hydrogen-bond donors (Lipinski definition) is 0. The summed E-state index contributed by atoms with van der Waals surface area (Å²) in [5, 5.41) is 2.71. The van der Waals surface area contributed by atoms with E-state index in [1.165, 1.54) is 23.8 Å². The number of carbonyl (C=O) groups is 1. The normalized spacial score (nSPS) is 10.3. The van der Waals surface area contributed by atoms with Crippen molar-refractivity contribution in [3.63, 3.8) is 0 Å². The van der Waals surface area contributed by atoms with Gasteiger partial charge in [0, 0.05) is 17.9 Å². The second-order valence-electron chi connectivity index (χ2n) is 3.46. The van der Waals surface area contributed by atoms with E-state index < -0.39 is 0 Å². The lowest BCUT2D eigenvalue weighted by Gasteiger charge is -1.96. The summed E-state index contributed by atoms with van der Waals surface area (Å²) >= 11 is 1.50. The summed E-state index contributed by atoms with van der Waals surface area (Å²) in [4.78, 5) is 15.4. The first kappa shape index (κ1) is 10.1. The number of aromatic nitrogens is 1. The summed E-state index contributed by atoms with van der Waals surface area (Å²) in [7, 11) is 0. The third-order valence-corrected chi connectivity index (χ3v) is 3.05. The largest absolute Gasteiger partial charge is 0.293 e. The van der Waals surface area contributed by atoms with E-state index in [1.54, 1.807) is 5.38 Å². The van der Waals surface area contributed by atoms with Crippen molar-refractivity contribution in [2.45, 2.75) is 13.8 Å². The number of nitrogens with zero attached hydrogens (tertiary/aromatic N) is 1. The molecule has 0 aliphatic heterocycles. The molecule has 0 aliphatic carbocycles. The highest BCUT2D eigenvalue weighted by Gasteiger charge is 2.07. The van der Waals surface area contributed by atoms with Gasteiger partial charge in [-0.15, -0.1) is 11.3 Å². The fourth-order valence-corrected chi connectivity index (χ4v) is 2.13. The van der Waals surface area contributed by atoms with Gasteiger partial charge in [-0.25, -0.2) is 4.98 Å². The minimum absolute atomic E-state index is 0.0182. The average Bonchev–Trinajstić information content (AvgIpc) is 2.68. The molecule has 1 aromatic heterocycles. The van der Waals surface area contributed by atoms with E-state index in [2.05, 4.69) is 4.98 Å². The highest BCUT2D eigenvalue weighted by molar-refractivity contribution is 7.13. The molecule has 1 aromatic carbocycles. The van der Waals surface area contributed by atoms with Crippen LogP contribution in [0.1, 0.15) is 23.0 Å². The fraction of sp³-hybridized carbons (Fsp3) is 0.167. The maximum Gasteiger partial charge on any atom is 0.178 e. The number of aryl methyl sites for hydroxylation is 1. The minimum atomic E-state index is 0.0182. The number of rotatable bonds is 2. The lowest BCUT2D eigenvalue weighted by molar-refractivity contribution is 0.101. The van der Waals surface area contributed by atoms with Crippen LogP contribution in [0.4, 0.5) is 0 Å². The molecule has 0 bridgehead atoms. The van der Waals surface area contributed by atoms with Crippen LogP contribution in [0.25, 0.3) is 10.6 Å². The Morgan fingerprint density at radius 3 is 2.47 bits per heavy atom. The van der Waals surface area contributed by atoms with Crippen molar-refractivity contribution in [3.8, 4) is 10.6 Å². The molecule has 3 heteroatoms. The Bertz CT molecular complexity index is 485. The topological polar surface area (TPSA) is 30.0 Å². The van der Waals surface area contributed by atoms with E-state index in [9.17, 15) is 4.79 Å². The van der Waals surface area contributed by atoms with Crippen LogP contribution >= 0.6 is 11.3 Å². The molecule has 0 atom stereocenters. The van der Waals surface area contributed by atoms with Crippen molar-refractivity contribution in [2.24, 2.45) is 0 Å². The van der Waals surface area contributed by atoms with E-state index in [0.717, 1.165) is 10.6 Å². The Kier molecular flexibility index (Phi) is 2.64. The molecule has 0 N–H and O–H groups in total. The molecule has 0 fully saturated rings. The summed E-state index contributed by atoms with van der Waals surface area (Å²) in [6.07, 6.45) is 0. The van der Waals surface area contributed by atoms with Gasteiger partial charge in [0.15, 0.2) is 5.78 Å².